The predicted molar refractivity (Wildman–Crippen MR) is 100 cm³/mol. The highest BCUT2D eigenvalue weighted by Crippen LogP contribution is 2.13. The molecule has 3 nitrogen and oxygen atoms in total. The Kier molecular flexibility index (Phi) is 14.5. The van der Waals surface area contributed by atoms with E-state index in [1.807, 2.05) is 0 Å². The first-order valence-corrected chi connectivity index (χ1v) is 13.0. The fourth-order valence-electron chi connectivity index (χ4n) is 2.66. The van der Waals surface area contributed by atoms with Crippen molar-refractivity contribution in [2.24, 2.45) is 0 Å². The standard InChI is InChI=1S/C19H38O3Si/c1-23(2,3)22-19(21)17-15-13-11-9-7-5-4-6-8-10-12-14-16-18-20/h18H,4-17H2,1-3H3. The highest BCUT2D eigenvalue weighted by atomic mass is 28.4. The summed E-state index contributed by atoms with van der Waals surface area (Å²) in [4.78, 5) is 21.7. The van der Waals surface area contributed by atoms with Gasteiger partial charge in [-0.2, -0.15) is 0 Å². The van der Waals surface area contributed by atoms with Gasteiger partial charge in [0.05, 0.1) is 0 Å². The zero-order valence-corrected chi connectivity index (χ0v) is 16.7. The largest absolute Gasteiger partial charge is 0.520 e. The van der Waals surface area contributed by atoms with Gasteiger partial charge in [-0.05, 0) is 32.5 Å². The van der Waals surface area contributed by atoms with Gasteiger partial charge in [0.15, 0.2) is 0 Å². The Morgan fingerprint density at radius 1 is 0.739 bits per heavy atom. The molecule has 0 amide bonds. The minimum Gasteiger partial charge on any atom is -0.520 e. The molecule has 0 aliphatic carbocycles. The fraction of sp³-hybridized carbons (Fsp3) is 0.895. The van der Waals surface area contributed by atoms with E-state index in [1.54, 1.807) is 0 Å². The van der Waals surface area contributed by atoms with Crippen LogP contribution in [0.4, 0.5) is 0 Å². The van der Waals surface area contributed by atoms with E-state index in [4.69, 9.17) is 4.43 Å². The number of carbonyl (C=O) groups excluding carboxylic acids is 2. The van der Waals surface area contributed by atoms with E-state index < -0.39 is 8.32 Å². The number of hydrogen-bond donors (Lipinski definition) is 0. The smallest absolute Gasteiger partial charge is 0.292 e. The van der Waals surface area contributed by atoms with E-state index in [1.165, 1.54) is 57.8 Å². The highest BCUT2D eigenvalue weighted by Gasteiger charge is 2.19. The molecule has 0 rings (SSSR count). The summed E-state index contributed by atoms with van der Waals surface area (Å²) in [6.07, 6.45) is 17.2. The van der Waals surface area contributed by atoms with Gasteiger partial charge in [0.1, 0.15) is 6.29 Å². The Morgan fingerprint density at radius 2 is 1.13 bits per heavy atom. The van der Waals surface area contributed by atoms with Crippen molar-refractivity contribution in [2.75, 3.05) is 0 Å². The Bertz CT molecular complexity index is 297. The Balaban J connectivity index is 3.16. The molecule has 0 unspecified atom stereocenters. The molecule has 0 saturated carbocycles. The van der Waals surface area contributed by atoms with E-state index in [2.05, 4.69) is 19.6 Å². The molecule has 136 valence electrons. The second-order valence-corrected chi connectivity index (χ2v) is 12.0. The quantitative estimate of drug-likeness (QED) is 0.195. The lowest BCUT2D eigenvalue weighted by Crippen LogP contribution is -2.28. The summed E-state index contributed by atoms with van der Waals surface area (Å²) in [5.41, 5.74) is 0. The summed E-state index contributed by atoms with van der Waals surface area (Å²) in [6, 6.07) is 0. The van der Waals surface area contributed by atoms with E-state index in [0.717, 1.165) is 32.0 Å². The van der Waals surface area contributed by atoms with Gasteiger partial charge in [0.2, 0.25) is 8.32 Å². The highest BCUT2D eigenvalue weighted by molar-refractivity contribution is 6.71. The molecule has 0 radical (unpaired) electrons. The summed E-state index contributed by atoms with van der Waals surface area (Å²) in [5, 5.41) is 0. The Labute approximate surface area is 144 Å². The summed E-state index contributed by atoms with van der Waals surface area (Å²) in [5.74, 6) is -0.00249. The second-order valence-electron chi connectivity index (χ2n) is 7.53. The van der Waals surface area contributed by atoms with Crippen LogP contribution in [0.1, 0.15) is 89.9 Å². The summed E-state index contributed by atoms with van der Waals surface area (Å²) >= 11 is 0. The molecule has 0 aromatic carbocycles. The lowest BCUT2D eigenvalue weighted by atomic mass is 10.0. The average Bonchev–Trinajstić information content (AvgIpc) is 2.46. The lowest BCUT2D eigenvalue weighted by molar-refractivity contribution is -0.135. The van der Waals surface area contributed by atoms with Crippen LogP contribution in [0.2, 0.25) is 19.6 Å². The molecule has 0 spiro atoms. The number of rotatable bonds is 16. The van der Waals surface area contributed by atoms with Crippen LogP contribution in [-0.4, -0.2) is 20.6 Å². The first-order chi connectivity index (χ1) is 11.0. The van der Waals surface area contributed by atoms with Crippen molar-refractivity contribution in [1.29, 1.82) is 0 Å². The van der Waals surface area contributed by atoms with Crippen LogP contribution in [-0.2, 0) is 14.0 Å². The van der Waals surface area contributed by atoms with Crippen molar-refractivity contribution >= 4 is 20.6 Å². The maximum atomic E-state index is 11.6. The van der Waals surface area contributed by atoms with Gasteiger partial charge >= 0.3 is 0 Å². The zero-order chi connectivity index (χ0) is 17.4. The van der Waals surface area contributed by atoms with Gasteiger partial charge in [-0.1, -0.05) is 64.2 Å². The topological polar surface area (TPSA) is 43.4 Å². The van der Waals surface area contributed by atoms with Crippen molar-refractivity contribution in [2.45, 2.75) is 110 Å². The van der Waals surface area contributed by atoms with Gasteiger partial charge in [-0.3, -0.25) is 4.79 Å². The molecule has 23 heavy (non-hydrogen) atoms. The third-order valence-corrected chi connectivity index (χ3v) is 4.71. The molecular formula is C19H38O3Si. The summed E-state index contributed by atoms with van der Waals surface area (Å²) in [7, 11) is -1.69. The monoisotopic (exact) mass is 342 g/mol. The molecule has 0 aromatic rings. The summed E-state index contributed by atoms with van der Waals surface area (Å²) < 4.78 is 5.43. The van der Waals surface area contributed by atoms with Crippen LogP contribution in [0.3, 0.4) is 0 Å². The third-order valence-electron chi connectivity index (χ3n) is 3.87. The van der Waals surface area contributed by atoms with E-state index >= 15 is 0 Å². The van der Waals surface area contributed by atoms with E-state index in [9.17, 15) is 9.59 Å². The SMILES string of the molecule is C[Si](C)(C)OC(=O)CCCCCCCCCCCCCCC=O. The Morgan fingerprint density at radius 3 is 1.52 bits per heavy atom. The number of hydrogen-bond acceptors (Lipinski definition) is 3. The van der Waals surface area contributed by atoms with Crippen molar-refractivity contribution in [3.63, 3.8) is 0 Å². The molecule has 0 atom stereocenters. The maximum absolute atomic E-state index is 11.6. The van der Waals surface area contributed by atoms with Crippen LogP contribution >= 0.6 is 0 Å². The normalized spacial score (nSPS) is 11.4. The van der Waals surface area contributed by atoms with Gasteiger partial charge in [0, 0.05) is 12.8 Å². The molecule has 4 heteroatoms. The first-order valence-electron chi connectivity index (χ1n) is 9.61. The molecule has 0 heterocycles. The van der Waals surface area contributed by atoms with Gasteiger partial charge < -0.3 is 9.22 Å². The summed E-state index contributed by atoms with van der Waals surface area (Å²) in [6.45, 7) is 6.16. The minimum absolute atomic E-state index is 0.00249. The van der Waals surface area contributed by atoms with Gasteiger partial charge in [-0.25, -0.2) is 0 Å². The molecular weight excluding hydrogens is 304 g/mol. The van der Waals surface area contributed by atoms with Crippen molar-refractivity contribution < 1.29 is 14.0 Å². The maximum Gasteiger partial charge on any atom is 0.292 e. The average molecular weight is 343 g/mol. The second kappa shape index (κ2) is 14.9. The van der Waals surface area contributed by atoms with Crippen LogP contribution in [0.15, 0.2) is 0 Å². The predicted octanol–water partition coefficient (Wildman–Crippen LogP) is 6.02. The van der Waals surface area contributed by atoms with Gasteiger partial charge in [0.25, 0.3) is 5.97 Å². The Hall–Kier alpha value is -0.643. The molecule has 0 aliphatic rings. The molecule has 0 aromatic heterocycles. The molecule has 0 aliphatic heterocycles. The van der Waals surface area contributed by atoms with Crippen LogP contribution < -0.4 is 0 Å². The van der Waals surface area contributed by atoms with Crippen molar-refractivity contribution in [3.8, 4) is 0 Å². The van der Waals surface area contributed by atoms with Crippen molar-refractivity contribution in [1.82, 2.24) is 0 Å². The number of unbranched alkanes of at least 4 members (excludes halogenated alkanes) is 12. The van der Waals surface area contributed by atoms with Crippen LogP contribution in [0.5, 0.6) is 0 Å². The molecule has 0 N–H and O–H groups in total. The van der Waals surface area contributed by atoms with E-state index in [0.29, 0.717) is 6.42 Å². The number of aldehydes is 1. The first kappa shape index (κ1) is 22.4. The zero-order valence-electron chi connectivity index (χ0n) is 15.7. The van der Waals surface area contributed by atoms with E-state index in [-0.39, 0.29) is 5.97 Å². The third kappa shape index (κ3) is 19.3. The van der Waals surface area contributed by atoms with Crippen molar-refractivity contribution in [3.05, 3.63) is 0 Å². The molecule has 0 bridgehead atoms. The molecule has 0 fully saturated rings. The minimum atomic E-state index is -1.69. The van der Waals surface area contributed by atoms with Crippen LogP contribution in [0, 0.1) is 0 Å². The number of carbonyl (C=O) groups is 2. The molecule has 0 saturated heterocycles. The fourth-order valence-corrected chi connectivity index (χ4v) is 3.44. The van der Waals surface area contributed by atoms with Crippen LogP contribution in [0.25, 0.3) is 0 Å². The van der Waals surface area contributed by atoms with Gasteiger partial charge in [-0.15, -0.1) is 0 Å². The lowest BCUT2D eigenvalue weighted by Gasteiger charge is -2.17.